The number of carbonyl (C=O) groups excluding carboxylic acids is 1. The van der Waals surface area contributed by atoms with Crippen LogP contribution in [0.25, 0.3) is 0 Å². The zero-order valence-electron chi connectivity index (χ0n) is 10.7. The van der Waals surface area contributed by atoms with Crippen molar-refractivity contribution >= 4 is 11.6 Å². The van der Waals surface area contributed by atoms with Crippen LogP contribution in [0.2, 0.25) is 0 Å². The van der Waals surface area contributed by atoms with Crippen molar-refractivity contribution in [1.29, 1.82) is 0 Å². The number of aromatic nitrogens is 1. The Morgan fingerprint density at radius 1 is 1.41 bits per heavy atom. The Labute approximate surface area is 102 Å². The van der Waals surface area contributed by atoms with Crippen molar-refractivity contribution < 1.29 is 4.79 Å². The number of anilines is 1. The average Bonchev–Trinajstić information content (AvgIpc) is 2.35. The molecular formula is C12H20N4O. The van der Waals surface area contributed by atoms with Crippen molar-refractivity contribution in [3.05, 3.63) is 24.0 Å². The number of hydrogen-bond acceptors (Lipinski definition) is 4. The van der Waals surface area contributed by atoms with E-state index >= 15 is 0 Å². The Hall–Kier alpha value is -1.62. The first kappa shape index (κ1) is 13.4. The number of hydrogen-bond donors (Lipinski definition) is 1. The molecular weight excluding hydrogens is 216 g/mol. The third-order valence-electron chi connectivity index (χ3n) is 2.51. The van der Waals surface area contributed by atoms with E-state index in [1.54, 1.807) is 26.4 Å². The molecule has 0 aliphatic rings. The minimum Gasteiger partial charge on any atom is -0.374 e. The SMILES string of the molecule is CN(C)C(=O)c1cc(N(C)CCCN)ccn1. The van der Waals surface area contributed by atoms with Crippen LogP contribution in [0.15, 0.2) is 18.3 Å². The fraction of sp³-hybridized carbons (Fsp3) is 0.500. The van der Waals surface area contributed by atoms with Crippen LogP contribution in [0.3, 0.4) is 0 Å². The molecule has 0 unspecified atom stereocenters. The molecule has 0 aromatic carbocycles. The Kier molecular flexibility index (Phi) is 4.90. The molecule has 5 nitrogen and oxygen atoms in total. The first-order valence-electron chi connectivity index (χ1n) is 5.65. The van der Waals surface area contributed by atoms with Crippen LogP contribution in [-0.2, 0) is 0 Å². The number of amides is 1. The van der Waals surface area contributed by atoms with Gasteiger partial charge in [-0.1, -0.05) is 0 Å². The summed E-state index contributed by atoms with van der Waals surface area (Å²) in [5.74, 6) is -0.0842. The van der Waals surface area contributed by atoms with Crippen molar-refractivity contribution in [2.45, 2.75) is 6.42 Å². The van der Waals surface area contributed by atoms with Gasteiger partial charge < -0.3 is 15.5 Å². The van der Waals surface area contributed by atoms with E-state index in [9.17, 15) is 4.79 Å². The van der Waals surface area contributed by atoms with Crippen molar-refractivity contribution in [3.63, 3.8) is 0 Å². The van der Waals surface area contributed by atoms with Crippen LogP contribution in [0.5, 0.6) is 0 Å². The molecule has 0 fully saturated rings. The van der Waals surface area contributed by atoms with Gasteiger partial charge in [0, 0.05) is 39.6 Å². The van der Waals surface area contributed by atoms with Crippen LogP contribution in [-0.4, -0.2) is 50.0 Å². The first-order chi connectivity index (χ1) is 8.06. The smallest absolute Gasteiger partial charge is 0.272 e. The maximum atomic E-state index is 11.8. The quantitative estimate of drug-likeness (QED) is 0.812. The summed E-state index contributed by atoms with van der Waals surface area (Å²) in [6, 6.07) is 3.70. The van der Waals surface area contributed by atoms with E-state index in [1.807, 2.05) is 13.1 Å². The van der Waals surface area contributed by atoms with Crippen molar-refractivity contribution in [2.75, 3.05) is 39.1 Å². The Bertz CT molecular complexity index is 379. The first-order valence-corrected chi connectivity index (χ1v) is 5.65. The molecule has 1 heterocycles. The van der Waals surface area contributed by atoms with E-state index in [4.69, 9.17) is 5.73 Å². The van der Waals surface area contributed by atoms with Gasteiger partial charge >= 0.3 is 0 Å². The summed E-state index contributed by atoms with van der Waals surface area (Å²) in [5.41, 5.74) is 6.92. The number of pyridine rings is 1. The van der Waals surface area contributed by atoms with E-state index < -0.39 is 0 Å². The molecule has 1 aromatic heterocycles. The molecule has 0 spiro atoms. The lowest BCUT2D eigenvalue weighted by atomic mass is 10.2. The van der Waals surface area contributed by atoms with E-state index in [0.717, 1.165) is 18.7 Å². The highest BCUT2D eigenvalue weighted by atomic mass is 16.2. The molecule has 1 amide bonds. The molecule has 0 radical (unpaired) electrons. The lowest BCUT2D eigenvalue weighted by Gasteiger charge is -2.19. The van der Waals surface area contributed by atoms with Gasteiger partial charge in [0.05, 0.1) is 0 Å². The van der Waals surface area contributed by atoms with Gasteiger partial charge in [0.1, 0.15) is 5.69 Å². The second kappa shape index (κ2) is 6.20. The molecule has 0 aliphatic heterocycles. The highest BCUT2D eigenvalue weighted by Crippen LogP contribution is 2.13. The van der Waals surface area contributed by atoms with Gasteiger partial charge in [-0.05, 0) is 25.1 Å². The fourth-order valence-corrected chi connectivity index (χ4v) is 1.46. The second-order valence-electron chi connectivity index (χ2n) is 4.16. The normalized spacial score (nSPS) is 10.1. The molecule has 1 rings (SSSR count). The van der Waals surface area contributed by atoms with E-state index in [-0.39, 0.29) is 5.91 Å². The van der Waals surface area contributed by atoms with Crippen LogP contribution < -0.4 is 10.6 Å². The van der Waals surface area contributed by atoms with Crippen LogP contribution in [0.4, 0.5) is 5.69 Å². The van der Waals surface area contributed by atoms with Gasteiger partial charge in [-0.2, -0.15) is 0 Å². The molecule has 0 aliphatic carbocycles. The minimum absolute atomic E-state index is 0.0842. The zero-order valence-corrected chi connectivity index (χ0v) is 10.7. The predicted octanol–water partition coefficient (Wildman–Crippen LogP) is 0.568. The molecule has 5 heteroatoms. The summed E-state index contributed by atoms with van der Waals surface area (Å²) < 4.78 is 0. The molecule has 94 valence electrons. The van der Waals surface area contributed by atoms with Crippen molar-refractivity contribution in [2.24, 2.45) is 5.73 Å². The fourth-order valence-electron chi connectivity index (χ4n) is 1.46. The van der Waals surface area contributed by atoms with Crippen molar-refractivity contribution in [1.82, 2.24) is 9.88 Å². The minimum atomic E-state index is -0.0842. The van der Waals surface area contributed by atoms with Gasteiger partial charge in [0.2, 0.25) is 0 Å². The van der Waals surface area contributed by atoms with E-state index in [1.165, 1.54) is 4.90 Å². The lowest BCUT2D eigenvalue weighted by molar-refractivity contribution is 0.0822. The number of rotatable bonds is 5. The maximum absolute atomic E-state index is 11.8. The van der Waals surface area contributed by atoms with Gasteiger partial charge in [-0.3, -0.25) is 9.78 Å². The van der Waals surface area contributed by atoms with Gasteiger partial charge in [-0.25, -0.2) is 0 Å². The Balaban J connectivity index is 2.82. The summed E-state index contributed by atoms with van der Waals surface area (Å²) in [6.45, 7) is 1.54. The Morgan fingerprint density at radius 2 is 2.12 bits per heavy atom. The van der Waals surface area contributed by atoms with E-state index in [2.05, 4.69) is 9.88 Å². The molecule has 2 N–H and O–H groups in total. The topological polar surface area (TPSA) is 62.5 Å². The predicted molar refractivity (Wildman–Crippen MR) is 69.2 cm³/mol. The number of nitrogens with two attached hydrogens (primary N) is 1. The monoisotopic (exact) mass is 236 g/mol. The van der Waals surface area contributed by atoms with Gasteiger partial charge in [-0.15, -0.1) is 0 Å². The summed E-state index contributed by atoms with van der Waals surface area (Å²) in [7, 11) is 5.42. The molecule has 17 heavy (non-hydrogen) atoms. The Morgan fingerprint density at radius 3 is 2.71 bits per heavy atom. The molecule has 1 aromatic rings. The highest BCUT2D eigenvalue weighted by molar-refractivity contribution is 5.92. The zero-order chi connectivity index (χ0) is 12.8. The molecule has 0 saturated carbocycles. The lowest BCUT2D eigenvalue weighted by Crippen LogP contribution is -2.24. The average molecular weight is 236 g/mol. The third-order valence-corrected chi connectivity index (χ3v) is 2.51. The van der Waals surface area contributed by atoms with Gasteiger partial charge in [0.25, 0.3) is 5.91 Å². The molecule has 0 atom stereocenters. The number of carbonyl (C=O) groups is 1. The van der Waals surface area contributed by atoms with Crippen LogP contribution in [0, 0.1) is 0 Å². The largest absolute Gasteiger partial charge is 0.374 e. The maximum Gasteiger partial charge on any atom is 0.272 e. The molecule has 0 saturated heterocycles. The summed E-state index contributed by atoms with van der Waals surface area (Å²) in [4.78, 5) is 19.4. The summed E-state index contributed by atoms with van der Waals surface area (Å²) in [6.07, 6.45) is 2.58. The number of nitrogens with zero attached hydrogens (tertiary/aromatic N) is 3. The second-order valence-corrected chi connectivity index (χ2v) is 4.16. The summed E-state index contributed by atoms with van der Waals surface area (Å²) in [5, 5.41) is 0. The summed E-state index contributed by atoms with van der Waals surface area (Å²) >= 11 is 0. The molecule has 0 bridgehead atoms. The third kappa shape index (κ3) is 3.71. The van der Waals surface area contributed by atoms with E-state index in [0.29, 0.717) is 12.2 Å². The van der Waals surface area contributed by atoms with Crippen LogP contribution >= 0.6 is 0 Å². The van der Waals surface area contributed by atoms with Crippen molar-refractivity contribution in [3.8, 4) is 0 Å². The highest BCUT2D eigenvalue weighted by Gasteiger charge is 2.11. The standard InChI is InChI=1S/C12H20N4O/c1-15(2)12(17)11-9-10(5-7-14-11)16(3)8-4-6-13/h5,7,9H,4,6,8,13H2,1-3H3. The van der Waals surface area contributed by atoms with Crippen LogP contribution in [0.1, 0.15) is 16.9 Å². The van der Waals surface area contributed by atoms with Gasteiger partial charge in [0.15, 0.2) is 0 Å².